The van der Waals surface area contributed by atoms with Gasteiger partial charge in [0.2, 0.25) is 0 Å². The Labute approximate surface area is 170 Å². The van der Waals surface area contributed by atoms with Crippen LogP contribution in [0, 0.1) is 0 Å². The van der Waals surface area contributed by atoms with Gasteiger partial charge in [-0.15, -0.1) is 0 Å². The van der Waals surface area contributed by atoms with Gasteiger partial charge in [0.25, 0.3) is 0 Å². The van der Waals surface area contributed by atoms with Crippen molar-refractivity contribution in [2.45, 2.75) is 50.4 Å². The highest BCUT2D eigenvalue weighted by atomic mass is 19.4. The Bertz CT molecular complexity index is 632. The van der Waals surface area contributed by atoms with Crippen molar-refractivity contribution in [2.24, 2.45) is 0 Å². The van der Waals surface area contributed by atoms with Gasteiger partial charge in [0, 0.05) is 51.6 Å². The zero-order valence-corrected chi connectivity index (χ0v) is 16.9. The number of pyridine rings is 1. The van der Waals surface area contributed by atoms with Gasteiger partial charge in [0.1, 0.15) is 5.82 Å². The van der Waals surface area contributed by atoms with Crippen molar-refractivity contribution >= 4 is 5.82 Å². The van der Waals surface area contributed by atoms with Gasteiger partial charge in [0.05, 0.1) is 11.7 Å². The first kappa shape index (κ1) is 20.9. The van der Waals surface area contributed by atoms with E-state index in [-0.39, 0.29) is 0 Å². The molecule has 3 fully saturated rings. The van der Waals surface area contributed by atoms with Crippen LogP contribution in [0.1, 0.15) is 37.7 Å². The number of piperidine rings is 1. The number of piperazine rings is 1. The Morgan fingerprint density at radius 3 is 2.31 bits per heavy atom. The molecule has 0 bridgehead atoms. The summed E-state index contributed by atoms with van der Waals surface area (Å²) in [5, 5.41) is 0. The fourth-order valence-corrected chi connectivity index (χ4v) is 4.76. The van der Waals surface area contributed by atoms with Crippen molar-refractivity contribution in [1.29, 1.82) is 0 Å². The average Bonchev–Trinajstić information content (AvgIpc) is 2.75. The van der Waals surface area contributed by atoms with Crippen molar-refractivity contribution in [3.63, 3.8) is 0 Å². The van der Waals surface area contributed by atoms with E-state index in [1.54, 1.807) is 0 Å². The molecule has 0 amide bonds. The van der Waals surface area contributed by atoms with E-state index in [1.165, 1.54) is 38.2 Å². The van der Waals surface area contributed by atoms with Crippen LogP contribution in [0.5, 0.6) is 0 Å². The third kappa shape index (κ3) is 5.41. The van der Waals surface area contributed by atoms with Gasteiger partial charge < -0.3 is 14.5 Å². The average molecular weight is 413 g/mol. The number of hydrogen-bond acceptors (Lipinski definition) is 5. The second-order valence-electron chi connectivity index (χ2n) is 8.45. The fraction of sp³-hybridized carbons (Fsp3) is 0.762. The van der Waals surface area contributed by atoms with Gasteiger partial charge in [-0.3, -0.25) is 4.90 Å². The molecular formula is C21H31F3N4O. The molecule has 1 aromatic rings. The summed E-state index contributed by atoms with van der Waals surface area (Å²) in [6.45, 7) is 7.76. The lowest BCUT2D eigenvalue weighted by atomic mass is 10.0. The molecule has 0 N–H and O–H groups in total. The quantitative estimate of drug-likeness (QED) is 0.758. The number of nitrogens with zero attached hydrogens (tertiary/aromatic N) is 4. The summed E-state index contributed by atoms with van der Waals surface area (Å²) in [6, 6.07) is 3.23. The molecule has 3 aliphatic heterocycles. The number of halogens is 3. The molecule has 8 heteroatoms. The lowest BCUT2D eigenvalue weighted by Crippen LogP contribution is -2.54. The van der Waals surface area contributed by atoms with Crippen LogP contribution in [-0.4, -0.2) is 79.3 Å². The molecular weight excluding hydrogens is 381 g/mol. The zero-order chi connectivity index (χ0) is 20.3. The minimum absolute atomic E-state index is 0.417. The Kier molecular flexibility index (Phi) is 6.61. The van der Waals surface area contributed by atoms with Gasteiger partial charge in [-0.2, -0.15) is 13.2 Å². The molecule has 1 aromatic heterocycles. The first-order chi connectivity index (χ1) is 14.0. The Morgan fingerprint density at radius 1 is 0.966 bits per heavy atom. The fourth-order valence-electron chi connectivity index (χ4n) is 4.76. The topological polar surface area (TPSA) is 31.8 Å². The van der Waals surface area contributed by atoms with Crippen LogP contribution in [0.3, 0.4) is 0 Å². The molecule has 3 aliphatic rings. The van der Waals surface area contributed by atoms with Crippen LogP contribution in [0.25, 0.3) is 0 Å². The maximum Gasteiger partial charge on any atom is 0.417 e. The van der Waals surface area contributed by atoms with Gasteiger partial charge in [0.15, 0.2) is 0 Å². The molecule has 0 saturated carbocycles. The number of rotatable bonds is 4. The van der Waals surface area contributed by atoms with Gasteiger partial charge in [-0.25, -0.2) is 4.98 Å². The van der Waals surface area contributed by atoms with Crippen LogP contribution >= 0.6 is 0 Å². The van der Waals surface area contributed by atoms with E-state index in [4.69, 9.17) is 4.74 Å². The standard InChI is InChI=1S/C21H31F3N4O/c22-21(23,24)17-4-5-20(25-15-17)28-12-10-27(11-13-28)18-6-8-26(9-7-18)16-19-3-1-2-14-29-19/h4-5,15,18-19H,1-3,6-14,16H2/t19-/m1/s1. The lowest BCUT2D eigenvalue weighted by Gasteiger charge is -2.43. The summed E-state index contributed by atoms with van der Waals surface area (Å²) in [6.07, 6.45) is 3.08. The van der Waals surface area contributed by atoms with Crippen LogP contribution in [0.15, 0.2) is 18.3 Å². The van der Waals surface area contributed by atoms with E-state index in [2.05, 4.69) is 19.7 Å². The molecule has 1 atom stereocenters. The number of alkyl halides is 3. The van der Waals surface area contributed by atoms with Gasteiger partial charge in [-0.1, -0.05) is 0 Å². The molecule has 162 valence electrons. The summed E-state index contributed by atoms with van der Waals surface area (Å²) in [4.78, 5) is 11.2. The number of hydrogen-bond donors (Lipinski definition) is 0. The summed E-state index contributed by atoms with van der Waals surface area (Å²) in [5.41, 5.74) is -0.690. The SMILES string of the molecule is FC(F)(F)c1ccc(N2CCN(C3CCN(C[C@H]4CCCCO4)CC3)CC2)nc1. The molecule has 4 heterocycles. The summed E-state index contributed by atoms with van der Waals surface area (Å²) >= 11 is 0. The Hall–Kier alpha value is -1.38. The normalized spacial score (nSPS) is 26.0. The largest absolute Gasteiger partial charge is 0.417 e. The van der Waals surface area contributed by atoms with E-state index < -0.39 is 11.7 Å². The summed E-state index contributed by atoms with van der Waals surface area (Å²) < 4.78 is 44.0. The second-order valence-corrected chi connectivity index (χ2v) is 8.45. The van der Waals surface area contributed by atoms with Crippen molar-refractivity contribution in [3.8, 4) is 0 Å². The molecule has 4 rings (SSSR count). The second kappa shape index (κ2) is 9.18. The highest BCUT2D eigenvalue weighted by Gasteiger charge is 2.32. The molecule has 0 aromatic carbocycles. The highest BCUT2D eigenvalue weighted by Crippen LogP contribution is 2.29. The molecule has 5 nitrogen and oxygen atoms in total. The Morgan fingerprint density at radius 2 is 1.72 bits per heavy atom. The molecule has 0 aliphatic carbocycles. The van der Waals surface area contributed by atoms with Crippen LogP contribution in [0.4, 0.5) is 19.0 Å². The van der Waals surface area contributed by atoms with E-state index in [0.717, 1.165) is 64.7 Å². The number of anilines is 1. The maximum absolute atomic E-state index is 12.7. The van der Waals surface area contributed by atoms with Crippen molar-refractivity contribution < 1.29 is 17.9 Å². The highest BCUT2D eigenvalue weighted by molar-refractivity contribution is 5.40. The van der Waals surface area contributed by atoms with Gasteiger partial charge >= 0.3 is 6.18 Å². The number of aromatic nitrogens is 1. The number of ether oxygens (including phenoxy) is 1. The third-order valence-electron chi connectivity index (χ3n) is 6.52. The van der Waals surface area contributed by atoms with Crippen molar-refractivity contribution in [3.05, 3.63) is 23.9 Å². The summed E-state index contributed by atoms with van der Waals surface area (Å²) in [5.74, 6) is 0.639. The first-order valence-electron chi connectivity index (χ1n) is 10.9. The molecule has 0 spiro atoms. The van der Waals surface area contributed by atoms with Crippen LogP contribution in [-0.2, 0) is 10.9 Å². The van der Waals surface area contributed by atoms with Crippen LogP contribution < -0.4 is 4.90 Å². The van der Waals surface area contributed by atoms with Gasteiger partial charge in [-0.05, 0) is 57.3 Å². The minimum Gasteiger partial charge on any atom is -0.377 e. The van der Waals surface area contributed by atoms with E-state index in [1.807, 2.05) is 0 Å². The molecule has 0 unspecified atom stereocenters. The van der Waals surface area contributed by atoms with E-state index >= 15 is 0 Å². The zero-order valence-electron chi connectivity index (χ0n) is 16.9. The molecule has 29 heavy (non-hydrogen) atoms. The Balaban J connectivity index is 1.21. The molecule has 0 radical (unpaired) electrons. The third-order valence-corrected chi connectivity index (χ3v) is 6.52. The maximum atomic E-state index is 12.7. The smallest absolute Gasteiger partial charge is 0.377 e. The predicted octanol–water partition coefficient (Wildman–Crippen LogP) is 3.26. The lowest BCUT2D eigenvalue weighted by molar-refractivity contribution is -0.137. The van der Waals surface area contributed by atoms with Crippen molar-refractivity contribution in [2.75, 3.05) is 57.3 Å². The minimum atomic E-state index is -4.33. The molecule has 3 saturated heterocycles. The van der Waals surface area contributed by atoms with Crippen molar-refractivity contribution in [1.82, 2.24) is 14.8 Å². The van der Waals surface area contributed by atoms with Crippen LogP contribution in [0.2, 0.25) is 0 Å². The predicted molar refractivity (Wildman–Crippen MR) is 106 cm³/mol. The van der Waals surface area contributed by atoms with E-state index in [9.17, 15) is 13.2 Å². The monoisotopic (exact) mass is 412 g/mol. The first-order valence-corrected chi connectivity index (χ1v) is 10.9. The van der Waals surface area contributed by atoms with E-state index in [0.29, 0.717) is 18.0 Å². The number of likely N-dealkylation sites (tertiary alicyclic amines) is 1. The summed E-state index contributed by atoms with van der Waals surface area (Å²) in [7, 11) is 0.